The van der Waals surface area contributed by atoms with Crippen LogP contribution in [0.5, 0.6) is 0 Å². The molecule has 1 aromatic carbocycles. The molecule has 1 aliphatic rings. The number of rotatable bonds is 5. The van der Waals surface area contributed by atoms with Crippen LogP contribution in [0.4, 0.5) is 0 Å². The summed E-state index contributed by atoms with van der Waals surface area (Å²) in [6.07, 6.45) is 3.36. The molecule has 0 saturated carbocycles. The van der Waals surface area contributed by atoms with Crippen LogP contribution in [0.2, 0.25) is 5.02 Å². The molecule has 0 bridgehead atoms. The minimum Gasteiger partial charge on any atom is -0.459 e. The van der Waals surface area contributed by atoms with Crippen LogP contribution in [0.3, 0.4) is 0 Å². The van der Waals surface area contributed by atoms with E-state index in [0.717, 1.165) is 5.56 Å². The van der Waals surface area contributed by atoms with E-state index in [1.54, 1.807) is 52.3 Å². The third-order valence-corrected chi connectivity index (χ3v) is 4.75. The maximum absolute atomic E-state index is 12.5. The number of piperazine rings is 1. The van der Waals surface area contributed by atoms with Gasteiger partial charge in [0.15, 0.2) is 11.9 Å². The Morgan fingerprint density at radius 1 is 1.10 bits per heavy atom. The van der Waals surface area contributed by atoms with Crippen molar-refractivity contribution < 1.29 is 23.5 Å². The highest BCUT2D eigenvalue weighted by molar-refractivity contribution is 6.30. The molecule has 152 valence electrons. The molecule has 2 aromatic rings. The number of hydrogen-bond acceptors (Lipinski definition) is 5. The molecule has 2 amide bonds. The quantitative estimate of drug-likeness (QED) is 0.553. The summed E-state index contributed by atoms with van der Waals surface area (Å²) in [6.45, 7) is 3.05. The minimum atomic E-state index is -0.918. The highest BCUT2D eigenvalue weighted by Gasteiger charge is 2.29. The molecule has 1 aliphatic heterocycles. The molecule has 29 heavy (non-hydrogen) atoms. The molecule has 0 N–H and O–H groups in total. The van der Waals surface area contributed by atoms with Crippen molar-refractivity contribution in [2.75, 3.05) is 26.2 Å². The third kappa shape index (κ3) is 5.48. The van der Waals surface area contributed by atoms with Crippen molar-refractivity contribution in [3.8, 4) is 0 Å². The zero-order valence-corrected chi connectivity index (χ0v) is 16.7. The summed E-state index contributed by atoms with van der Waals surface area (Å²) in [5.41, 5.74) is 0.755. The Balaban J connectivity index is 1.48. The largest absolute Gasteiger partial charge is 0.459 e. The topological polar surface area (TPSA) is 80.1 Å². The second kappa shape index (κ2) is 9.43. The Morgan fingerprint density at radius 3 is 2.48 bits per heavy atom. The maximum Gasteiger partial charge on any atom is 0.331 e. The zero-order chi connectivity index (χ0) is 20.8. The van der Waals surface area contributed by atoms with Crippen molar-refractivity contribution in [1.29, 1.82) is 0 Å². The van der Waals surface area contributed by atoms with Gasteiger partial charge in [-0.15, -0.1) is 0 Å². The van der Waals surface area contributed by atoms with Crippen molar-refractivity contribution in [3.05, 3.63) is 65.1 Å². The van der Waals surface area contributed by atoms with Gasteiger partial charge in [-0.2, -0.15) is 0 Å². The van der Waals surface area contributed by atoms with Gasteiger partial charge in [0.2, 0.25) is 0 Å². The van der Waals surface area contributed by atoms with Gasteiger partial charge < -0.3 is 19.0 Å². The van der Waals surface area contributed by atoms with Gasteiger partial charge in [0, 0.05) is 37.3 Å². The number of hydrogen-bond donors (Lipinski definition) is 0. The zero-order valence-electron chi connectivity index (χ0n) is 15.9. The van der Waals surface area contributed by atoms with Gasteiger partial charge in [0.05, 0.1) is 6.26 Å². The van der Waals surface area contributed by atoms with E-state index in [-0.39, 0.29) is 17.6 Å². The standard InChI is InChI=1S/C21H21ClN2O5/c1-15(29-19(25)8-7-16-4-2-5-17(22)14-16)20(26)23-9-11-24(12-10-23)21(27)18-6-3-13-28-18/h2-8,13-15H,9-12H2,1H3/b8-7+/t15-/m1/s1. The number of halogens is 1. The van der Waals surface area contributed by atoms with Crippen molar-refractivity contribution in [2.24, 2.45) is 0 Å². The number of amides is 2. The number of nitrogens with zero attached hydrogens (tertiary/aromatic N) is 2. The predicted molar refractivity (Wildman–Crippen MR) is 107 cm³/mol. The van der Waals surface area contributed by atoms with Crippen molar-refractivity contribution >= 4 is 35.5 Å². The van der Waals surface area contributed by atoms with Crippen LogP contribution in [0.15, 0.2) is 53.2 Å². The van der Waals surface area contributed by atoms with Crippen LogP contribution < -0.4 is 0 Å². The summed E-state index contributed by atoms with van der Waals surface area (Å²) in [4.78, 5) is 40.0. The fourth-order valence-corrected chi connectivity index (χ4v) is 3.18. The lowest BCUT2D eigenvalue weighted by Gasteiger charge is -2.35. The monoisotopic (exact) mass is 416 g/mol. The van der Waals surface area contributed by atoms with Gasteiger partial charge >= 0.3 is 5.97 Å². The van der Waals surface area contributed by atoms with Crippen LogP contribution in [0, 0.1) is 0 Å². The Labute approximate surface area is 173 Å². The van der Waals surface area contributed by atoms with E-state index in [2.05, 4.69) is 0 Å². The smallest absolute Gasteiger partial charge is 0.331 e. The molecular formula is C21H21ClN2O5. The minimum absolute atomic E-state index is 0.201. The molecule has 1 fully saturated rings. The van der Waals surface area contributed by atoms with E-state index in [0.29, 0.717) is 31.2 Å². The second-order valence-electron chi connectivity index (χ2n) is 6.56. The van der Waals surface area contributed by atoms with Crippen molar-refractivity contribution in [3.63, 3.8) is 0 Å². The van der Waals surface area contributed by atoms with E-state index in [9.17, 15) is 14.4 Å². The Kier molecular flexibility index (Phi) is 6.72. The first-order chi connectivity index (χ1) is 13.9. The highest BCUT2D eigenvalue weighted by atomic mass is 35.5. The Morgan fingerprint density at radius 2 is 1.83 bits per heavy atom. The number of furan rings is 1. The summed E-state index contributed by atoms with van der Waals surface area (Å²) in [5, 5.41) is 0.564. The first-order valence-electron chi connectivity index (χ1n) is 9.20. The van der Waals surface area contributed by atoms with Crippen LogP contribution in [0.25, 0.3) is 6.08 Å². The Bertz CT molecular complexity index is 902. The normalized spacial score (nSPS) is 15.4. The van der Waals surface area contributed by atoms with Gasteiger partial charge in [0.25, 0.3) is 11.8 Å². The SMILES string of the molecule is C[C@@H](OC(=O)/C=C/c1cccc(Cl)c1)C(=O)N1CCN(C(=O)c2ccco2)CC1. The van der Waals surface area contributed by atoms with Gasteiger partial charge in [-0.1, -0.05) is 23.7 Å². The summed E-state index contributed by atoms with van der Waals surface area (Å²) >= 11 is 5.90. The van der Waals surface area contributed by atoms with Gasteiger partial charge in [-0.25, -0.2) is 4.79 Å². The average Bonchev–Trinajstić information content (AvgIpc) is 3.26. The van der Waals surface area contributed by atoms with E-state index >= 15 is 0 Å². The van der Waals surface area contributed by atoms with Crippen LogP contribution in [0.1, 0.15) is 23.0 Å². The van der Waals surface area contributed by atoms with E-state index in [1.807, 2.05) is 0 Å². The van der Waals surface area contributed by atoms with Crippen LogP contribution >= 0.6 is 11.6 Å². The lowest BCUT2D eigenvalue weighted by Crippen LogP contribution is -2.53. The number of carbonyl (C=O) groups excluding carboxylic acids is 3. The maximum atomic E-state index is 12.5. The van der Waals surface area contributed by atoms with Crippen LogP contribution in [-0.2, 0) is 14.3 Å². The van der Waals surface area contributed by atoms with E-state index < -0.39 is 12.1 Å². The first kappa shape index (κ1) is 20.7. The van der Waals surface area contributed by atoms with Crippen LogP contribution in [-0.4, -0.2) is 59.9 Å². The van der Waals surface area contributed by atoms with Crippen molar-refractivity contribution in [2.45, 2.75) is 13.0 Å². The number of esters is 1. The number of carbonyl (C=O) groups is 3. The fraction of sp³-hybridized carbons (Fsp3) is 0.286. The number of benzene rings is 1. The van der Waals surface area contributed by atoms with E-state index in [4.69, 9.17) is 20.8 Å². The van der Waals surface area contributed by atoms with Crippen molar-refractivity contribution in [1.82, 2.24) is 9.80 Å². The summed E-state index contributed by atoms with van der Waals surface area (Å²) in [7, 11) is 0. The Hall–Kier alpha value is -3.06. The average molecular weight is 417 g/mol. The molecule has 8 heteroatoms. The number of ether oxygens (including phenoxy) is 1. The van der Waals surface area contributed by atoms with Gasteiger partial charge in [-0.05, 0) is 42.8 Å². The molecule has 1 aromatic heterocycles. The molecule has 1 saturated heterocycles. The summed E-state index contributed by atoms with van der Waals surface area (Å²) in [5.74, 6) is -0.830. The van der Waals surface area contributed by atoms with Gasteiger partial charge in [-0.3, -0.25) is 9.59 Å². The fourth-order valence-electron chi connectivity index (χ4n) is 2.98. The van der Waals surface area contributed by atoms with Gasteiger partial charge in [0.1, 0.15) is 0 Å². The lowest BCUT2D eigenvalue weighted by atomic mass is 10.2. The molecular weight excluding hydrogens is 396 g/mol. The molecule has 0 spiro atoms. The molecule has 0 unspecified atom stereocenters. The summed E-state index contributed by atoms with van der Waals surface area (Å²) < 4.78 is 10.3. The first-order valence-corrected chi connectivity index (χ1v) is 9.57. The second-order valence-corrected chi connectivity index (χ2v) is 7.00. The molecule has 0 radical (unpaired) electrons. The molecule has 7 nitrogen and oxygen atoms in total. The molecule has 0 aliphatic carbocycles. The van der Waals surface area contributed by atoms with E-state index in [1.165, 1.54) is 19.3 Å². The lowest BCUT2D eigenvalue weighted by molar-refractivity contribution is -0.156. The highest BCUT2D eigenvalue weighted by Crippen LogP contribution is 2.13. The molecule has 1 atom stereocenters. The molecule has 3 rings (SSSR count). The predicted octanol–water partition coefficient (Wildman–Crippen LogP) is 2.86. The molecule has 2 heterocycles. The third-order valence-electron chi connectivity index (χ3n) is 4.51. The summed E-state index contributed by atoms with van der Waals surface area (Å²) in [6, 6.07) is 10.3.